The first-order valence-corrected chi connectivity index (χ1v) is 14.8. The number of aliphatic hydroxyl groups excluding tert-OH is 6. The third-order valence-electron chi connectivity index (χ3n) is 7.98. The number of hydrogen-bond donors (Lipinski definition) is 8. The van der Waals surface area contributed by atoms with Crippen LogP contribution < -0.4 is 29.1 Å². The fourth-order valence-electron chi connectivity index (χ4n) is 5.34. The van der Waals surface area contributed by atoms with Crippen molar-refractivity contribution in [2.45, 2.75) is 42.9 Å². The van der Waals surface area contributed by atoms with Gasteiger partial charge in [0, 0.05) is 23.8 Å². The van der Waals surface area contributed by atoms with E-state index in [-0.39, 0.29) is 62.4 Å². The van der Waals surface area contributed by atoms with Gasteiger partial charge in [0.1, 0.15) is 58.7 Å². The van der Waals surface area contributed by atoms with Crippen LogP contribution in [0, 0.1) is 0 Å². The van der Waals surface area contributed by atoms with Crippen LogP contribution in [0.4, 0.5) is 0 Å². The third-order valence-corrected chi connectivity index (χ3v) is 7.98. The molecule has 16 nitrogen and oxygen atoms in total. The van der Waals surface area contributed by atoms with Crippen molar-refractivity contribution in [1.29, 1.82) is 0 Å². The highest BCUT2D eigenvalue weighted by molar-refractivity contribution is 5.86. The summed E-state index contributed by atoms with van der Waals surface area (Å²) in [7, 11) is 4.01. The monoisotopic (exact) mass is 688 g/mol. The highest BCUT2D eigenvalue weighted by Crippen LogP contribution is 2.44. The molecule has 1 aliphatic heterocycles. The number of fused-ring (bicyclic) bond motifs is 1. The topological polar surface area (TPSA) is 247 Å². The zero-order chi connectivity index (χ0) is 35.6. The van der Waals surface area contributed by atoms with Gasteiger partial charge in [-0.25, -0.2) is 0 Å². The van der Waals surface area contributed by atoms with Crippen molar-refractivity contribution in [2.75, 3.05) is 34.5 Å². The Kier molecular flexibility index (Phi) is 10.7. The van der Waals surface area contributed by atoms with Gasteiger partial charge in [-0.1, -0.05) is 6.07 Å². The van der Waals surface area contributed by atoms with Gasteiger partial charge in [0.15, 0.2) is 34.5 Å². The Bertz CT molecular complexity index is 1810. The van der Waals surface area contributed by atoms with Crippen molar-refractivity contribution >= 4 is 11.0 Å². The lowest BCUT2D eigenvalue weighted by molar-refractivity contribution is -0.277. The molecule has 8 N–H and O–H groups in total. The van der Waals surface area contributed by atoms with Gasteiger partial charge in [-0.3, -0.25) is 4.79 Å². The van der Waals surface area contributed by atoms with E-state index in [4.69, 9.17) is 32.8 Å². The first-order valence-electron chi connectivity index (χ1n) is 14.8. The van der Waals surface area contributed by atoms with E-state index in [1.54, 1.807) is 0 Å². The molecule has 4 aromatic rings. The molecule has 264 valence electrons. The quantitative estimate of drug-likeness (QED) is 0.101. The highest BCUT2D eigenvalue weighted by atomic mass is 16.7. The average molecular weight is 689 g/mol. The number of phenols is 2. The molecule has 2 heterocycles. The number of methoxy groups -OCH3 is 3. The first-order chi connectivity index (χ1) is 23.4. The van der Waals surface area contributed by atoms with Crippen LogP contribution in [-0.4, -0.2) is 112 Å². The predicted octanol–water partition coefficient (Wildman–Crippen LogP) is 0.549. The fourth-order valence-corrected chi connectivity index (χ4v) is 5.34. The van der Waals surface area contributed by atoms with Crippen molar-refractivity contribution in [3.8, 4) is 51.6 Å². The molecular weight excluding hydrogens is 652 g/mol. The van der Waals surface area contributed by atoms with Crippen molar-refractivity contribution in [3.63, 3.8) is 0 Å². The molecule has 0 unspecified atom stereocenters. The van der Waals surface area contributed by atoms with Gasteiger partial charge >= 0.3 is 0 Å². The van der Waals surface area contributed by atoms with Crippen LogP contribution in [0.5, 0.6) is 40.2 Å². The number of benzene rings is 3. The Morgan fingerprint density at radius 3 is 2.10 bits per heavy atom. The number of aliphatic hydroxyl groups is 6. The number of hydrogen-bond acceptors (Lipinski definition) is 16. The van der Waals surface area contributed by atoms with E-state index < -0.39 is 67.3 Å². The van der Waals surface area contributed by atoms with Crippen LogP contribution in [0.3, 0.4) is 0 Å². The third kappa shape index (κ3) is 7.02. The zero-order valence-corrected chi connectivity index (χ0v) is 26.4. The molecule has 7 atom stereocenters. The van der Waals surface area contributed by atoms with Crippen LogP contribution in [0.2, 0.25) is 0 Å². The van der Waals surface area contributed by atoms with E-state index in [2.05, 4.69) is 0 Å². The zero-order valence-electron chi connectivity index (χ0n) is 26.4. The summed E-state index contributed by atoms with van der Waals surface area (Å²) >= 11 is 0. The molecule has 0 aliphatic carbocycles. The summed E-state index contributed by atoms with van der Waals surface area (Å²) in [5.41, 5.74) is -0.254. The largest absolute Gasteiger partial charge is 0.507 e. The molecule has 16 heteroatoms. The Morgan fingerprint density at radius 2 is 1.49 bits per heavy atom. The van der Waals surface area contributed by atoms with Crippen molar-refractivity contribution in [2.24, 2.45) is 0 Å². The Balaban J connectivity index is 1.48. The van der Waals surface area contributed by atoms with E-state index in [0.29, 0.717) is 0 Å². The minimum absolute atomic E-state index is 0.00594. The van der Waals surface area contributed by atoms with Crippen LogP contribution in [-0.2, 0) is 4.74 Å². The molecule has 1 aromatic heterocycles. The summed E-state index contributed by atoms with van der Waals surface area (Å²) in [5.74, 6) is -0.613. The highest BCUT2D eigenvalue weighted by Gasteiger charge is 2.44. The second kappa shape index (κ2) is 14.8. The molecule has 0 radical (unpaired) electrons. The van der Waals surface area contributed by atoms with Gasteiger partial charge in [-0.15, -0.1) is 0 Å². The summed E-state index contributed by atoms with van der Waals surface area (Å²) in [4.78, 5) is 13.2. The molecule has 1 aliphatic rings. The summed E-state index contributed by atoms with van der Waals surface area (Å²) < 4.78 is 39.1. The molecule has 1 saturated heterocycles. The predicted molar refractivity (Wildman–Crippen MR) is 168 cm³/mol. The molecule has 0 saturated carbocycles. The van der Waals surface area contributed by atoms with Crippen LogP contribution in [0.25, 0.3) is 22.3 Å². The van der Waals surface area contributed by atoms with Gasteiger partial charge in [-0.2, -0.15) is 0 Å². The normalized spacial score (nSPS) is 21.9. The molecule has 1 fully saturated rings. The number of rotatable bonds is 12. The maximum absolute atomic E-state index is 13.2. The van der Waals surface area contributed by atoms with Gasteiger partial charge in [0.2, 0.25) is 12.0 Å². The SMILES string of the molecule is COc1cc([C@H](O)[C@H](CO)Oc2c(OC)cc(-c3cc(=O)c4c(O)cc(O[C@@H]5O[C@H](CO)[C@@H](O)[C@H](O)[C@H]5O)cc4o3)cc2OC)ccc1O. The van der Waals surface area contributed by atoms with Crippen LogP contribution in [0.15, 0.2) is 57.7 Å². The van der Waals surface area contributed by atoms with Crippen molar-refractivity contribution in [1.82, 2.24) is 0 Å². The average Bonchev–Trinajstić information content (AvgIpc) is 3.10. The minimum Gasteiger partial charge on any atom is -0.507 e. The standard InChI is InChI=1S/C33H36O16/c1-43-21-6-14(4-5-17(21)36)28(39)25(12-34)48-32-23(44-2)7-15(8-24(32)45-3)20-11-19(38)27-18(37)9-16(10-22(27)47-20)46-33-31(42)30(41)29(40)26(13-35)49-33/h4-11,25-26,28-31,33-37,39-42H,12-13H2,1-3H3/t25-,26+,28-,29+,30-,31+,33+/m0/s1. The van der Waals surface area contributed by atoms with E-state index in [0.717, 1.165) is 12.1 Å². The molecular formula is C33H36O16. The fraction of sp³-hybridized carbons (Fsp3) is 0.364. The Morgan fingerprint density at radius 1 is 0.816 bits per heavy atom. The Labute approximate surface area is 278 Å². The molecule has 49 heavy (non-hydrogen) atoms. The second-order valence-electron chi connectivity index (χ2n) is 11.0. The van der Waals surface area contributed by atoms with E-state index in [1.807, 2.05) is 0 Å². The lowest BCUT2D eigenvalue weighted by atomic mass is 9.99. The summed E-state index contributed by atoms with van der Waals surface area (Å²) in [6, 6.07) is 10.5. The number of ether oxygens (including phenoxy) is 6. The van der Waals surface area contributed by atoms with Gasteiger partial charge in [0.25, 0.3) is 0 Å². The van der Waals surface area contributed by atoms with E-state index in [9.17, 15) is 45.6 Å². The molecule has 0 spiro atoms. The van der Waals surface area contributed by atoms with Gasteiger partial charge in [-0.05, 0) is 29.8 Å². The Hall–Kier alpha value is -4.81. The number of aromatic hydroxyl groups is 2. The summed E-state index contributed by atoms with van der Waals surface area (Å²) in [5, 5.41) is 81.5. The van der Waals surface area contributed by atoms with Gasteiger partial charge in [0.05, 0.1) is 34.5 Å². The maximum atomic E-state index is 13.2. The van der Waals surface area contributed by atoms with E-state index in [1.165, 1.54) is 57.7 Å². The molecule has 0 amide bonds. The maximum Gasteiger partial charge on any atom is 0.229 e. The number of phenolic OH excluding ortho intramolecular Hbond substituents is 2. The van der Waals surface area contributed by atoms with Crippen LogP contribution >= 0.6 is 0 Å². The first kappa shape index (κ1) is 35.5. The smallest absolute Gasteiger partial charge is 0.229 e. The van der Waals surface area contributed by atoms with Crippen molar-refractivity contribution < 1.29 is 73.7 Å². The van der Waals surface area contributed by atoms with Gasteiger partial charge < -0.3 is 73.7 Å². The lowest BCUT2D eigenvalue weighted by Gasteiger charge is -2.39. The second-order valence-corrected chi connectivity index (χ2v) is 11.0. The lowest BCUT2D eigenvalue weighted by Crippen LogP contribution is -2.60. The van der Waals surface area contributed by atoms with E-state index >= 15 is 0 Å². The van der Waals surface area contributed by atoms with Crippen LogP contribution in [0.1, 0.15) is 11.7 Å². The van der Waals surface area contributed by atoms with Crippen molar-refractivity contribution in [3.05, 3.63) is 64.3 Å². The molecule has 0 bridgehead atoms. The minimum atomic E-state index is -1.73. The summed E-state index contributed by atoms with van der Waals surface area (Å²) in [6.45, 7) is -1.33. The molecule has 3 aromatic carbocycles. The molecule has 5 rings (SSSR count). The summed E-state index contributed by atoms with van der Waals surface area (Å²) in [6.07, 6.45) is -10.5.